The molecule has 5 heteroatoms. The van der Waals surface area contributed by atoms with Crippen molar-refractivity contribution in [3.63, 3.8) is 0 Å². The molecular weight excluding hydrogens is 268 g/mol. The Balaban J connectivity index is 2.10. The molecule has 1 heterocycles. The zero-order valence-electron chi connectivity index (χ0n) is 13.5. The minimum Gasteiger partial charge on any atom is -0.355 e. The highest BCUT2D eigenvalue weighted by Gasteiger charge is 2.64. The predicted molar refractivity (Wildman–Crippen MR) is 79.2 cm³/mol. The van der Waals surface area contributed by atoms with Crippen LogP contribution in [0.3, 0.4) is 0 Å². The first-order valence-electron chi connectivity index (χ1n) is 7.88. The van der Waals surface area contributed by atoms with Gasteiger partial charge in [-0.1, -0.05) is 34.1 Å². The first kappa shape index (κ1) is 16.0. The van der Waals surface area contributed by atoms with Gasteiger partial charge in [0.1, 0.15) is 6.54 Å². The fourth-order valence-electron chi connectivity index (χ4n) is 3.66. The van der Waals surface area contributed by atoms with Gasteiger partial charge in [-0.2, -0.15) is 0 Å². The van der Waals surface area contributed by atoms with Crippen LogP contribution in [0, 0.1) is 16.7 Å². The predicted octanol–water partition coefficient (Wildman–Crippen LogP) is 1.71. The summed E-state index contributed by atoms with van der Waals surface area (Å²) in [5.74, 6) is -0.751. The van der Waals surface area contributed by atoms with E-state index in [1.807, 2.05) is 27.7 Å². The maximum atomic E-state index is 12.7. The van der Waals surface area contributed by atoms with E-state index in [-0.39, 0.29) is 35.6 Å². The molecular formula is C16H26N2O3. The molecule has 5 nitrogen and oxygen atoms in total. The third-order valence-electron chi connectivity index (χ3n) is 5.66. The molecule has 2 bridgehead atoms. The van der Waals surface area contributed by atoms with E-state index < -0.39 is 5.41 Å². The smallest absolute Gasteiger partial charge is 0.240 e. The topological polar surface area (TPSA) is 66.5 Å². The van der Waals surface area contributed by atoms with Crippen molar-refractivity contribution in [2.24, 2.45) is 16.7 Å². The molecule has 2 aliphatic rings. The van der Waals surface area contributed by atoms with Crippen LogP contribution in [0.1, 0.15) is 53.4 Å². The van der Waals surface area contributed by atoms with Crippen molar-refractivity contribution in [3.05, 3.63) is 0 Å². The van der Waals surface area contributed by atoms with E-state index in [0.29, 0.717) is 6.54 Å². The molecule has 0 spiro atoms. The Morgan fingerprint density at radius 1 is 1.33 bits per heavy atom. The minimum absolute atomic E-state index is 0.135. The molecule has 0 radical (unpaired) electrons. The van der Waals surface area contributed by atoms with Crippen LogP contribution >= 0.6 is 0 Å². The van der Waals surface area contributed by atoms with Crippen LogP contribution in [0.5, 0.6) is 0 Å². The summed E-state index contributed by atoms with van der Waals surface area (Å²) in [6.45, 7) is 8.44. The second kappa shape index (κ2) is 5.43. The van der Waals surface area contributed by atoms with Gasteiger partial charge in [-0.05, 0) is 24.7 Å². The Labute approximate surface area is 126 Å². The molecule has 2 atom stereocenters. The molecule has 2 rings (SSSR count). The van der Waals surface area contributed by atoms with E-state index in [4.69, 9.17) is 0 Å². The Morgan fingerprint density at radius 2 is 2.00 bits per heavy atom. The normalized spacial score (nSPS) is 30.7. The highest BCUT2D eigenvalue weighted by atomic mass is 16.2. The molecule has 1 N–H and O–H groups in total. The van der Waals surface area contributed by atoms with Crippen LogP contribution in [-0.2, 0) is 14.4 Å². The molecule has 0 aromatic carbocycles. The van der Waals surface area contributed by atoms with Crippen molar-refractivity contribution in [2.45, 2.75) is 53.4 Å². The summed E-state index contributed by atoms with van der Waals surface area (Å²) >= 11 is 0. The van der Waals surface area contributed by atoms with Crippen LogP contribution in [-0.4, -0.2) is 35.7 Å². The van der Waals surface area contributed by atoms with Crippen molar-refractivity contribution in [3.8, 4) is 0 Å². The zero-order valence-corrected chi connectivity index (χ0v) is 13.5. The third kappa shape index (κ3) is 2.36. The lowest BCUT2D eigenvalue weighted by molar-refractivity contribution is -0.169. The summed E-state index contributed by atoms with van der Waals surface area (Å²) in [6.07, 6.45) is 3.36. The standard InChI is InChI=1S/C16H26N2O3/c1-5-6-9-17-12(19)10-18-13(20)11-7-8-16(4,14(18)21)15(11,2)3/h11H,5-10H2,1-4H3,(H,17,19). The Morgan fingerprint density at radius 3 is 2.62 bits per heavy atom. The fourth-order valence-corrected chi connectivity index (χ4v) is 3.66. The number of carbonyl (C=O) groups excluding carboxylic acids is 3. The summed E-state index contributed by atoms with van der Waals surface area (Å²) in [6, 6.07) is 0. The SMILES string of the molecule is CCCCNC(=O)CN1C(=O)C2CCC(C)(C1=O)C2(C)C. The number of rotatable bonds is 5. The summed E-state index contributed by atoms with van der Waals surface area (Å²) < 4.78 is 0. The number of piperidine rings is 1. The summed E-state index contributed by atoms with van der Waals surface area (Å²) in [7, 11) is 0. The van der Waals surface area contributed by atoms with Crippen molar-refractivity contribution in [1.29, 1.82) is 0 Å². The number of nitrogens with one attached hydrogen (secondary N) is 1. The number of imide groups is 1. The largest absolute Gasteiger partial charge is 0.355 e. The van der Waals surface area contributed by atoms with Gasteiger partial charge in [0.2, 0.25) is 17.7 Å². The van der Waals surface area contributed by atoms with Crippen molar-refractivity contribution < 1.29 is 14.4 Å². The van der Waals surface area contributed by atoms with Gasteiger partial charge in [-0.3, -0.25) is 19.3 Å². The van der Waals surface area contributed by atoms with Gasteiger partial charge in [0.05, 0.1) is 5.41 Å². The minimum atomic E-state index is -0.532. The molecule has 0 aromatic heterocycles. The van der Waals surface area contributed by atoms with Gasteiger partial charge >= 0.3 is 0 Å². The highest BCUT2D eigenvalue weighted by molar-refractivity contribution is 6.06. The van der Waals surface area contributed by atoms with Gasteiger partial charge < -0.3 is 5.32 Å². The molecule has 1 aliphatic carbocycles. The monoisotopic (exact) mass is 294 g/mol. The number of hydrogen-bond acceptors (Lipinski definition) is 3. The van der Waals surface area contributed by atoms with E-state index >= 15 is 0 Å². The number of hydrogen-bond donors (Lipinski definition) is 1. The molecule has 21 heavy (non-hydrogen) atoms. The van der Waals surface area contributed by atoms with E-state index in [0.717, 1.165) is 25.7 Å². The van der Waals surface area contributed by atoms with Gasteiger partial charge in [-0.25, -0.2) is 0 Å². The van der Waals surface area contributed by atoms with Crippen molar-refractivity contribution in [2.75, 3.05) is 13.1 Å². The van der Waals surface area contributed by atoms with E-state index in [9.17, 15) is 14.4 Å². The second-order valence-electron chi connectivity index (χ2n) is 7.08. The number of likely N-dealkylation sites (tertiary alicyclic amines) is 1. The summed E-state index contributed by atoms with van der Waals surface area (Å²) in [4.78, 5) is 38.4. The van der Waals surface area contributed by atoms with Crippen molar-refractivity contribution >= 4 is 17.7 Å². The fraction of sp³-hybridized carbons (Fsp3) is 0.812. The number of nitrogens with zero attached hydrogens (tertiary/aromatic N) is 1. The van der Waals surface area contributed by atoms with Crippen LogP contribution in [0.25, 0.3) is 0 Å². The first-order chi connectivity index (χ1) is 9.75. The molecule has 2 fully saturated rings. The maximum absolute atomic E-state index is 12.7. The average molecular weight is 294 g/mol. The van der Waals surface area contributed by atoms with Gasteiger partial charge in [0.15, 0.2) is 0 Å². The molecule has 1 saturated heterocycles. The maximum Gasteiger partial charge on any atom is 0.240 e. The van der Waals surface area contributed by atoms with Crippen LogP contribution in [0.15, 0.2) is 0 Å². The van der Waals surface area contributed by atoms with E-state index in [1.54, 1.807) is 0 Å². The summed E-state index contributed by atoms with van der Waals surface area (Å²) in [5, 5.41) is 2.77. The molecule has 118 valence electrons. The van der Waals surface area contributed by atoms with E-state index in [2.05, 4.69) is 5.32 Å². The lowest BCUT2D eigenvalue weighted by Crippen LogP contribution is -2.60. The molecule has 2 unspecified atom stereocenters. The first-order valence-corrected chi connectivity index (χ1v) is 7.88. The molecule has 1 saturated carbocycles. The molecule has 3 amide bonds. The Kier molecular flexibility index (Phi) is 4.13. The highest BCUT2D eigenvalue weighted by Crippen LogP contribution is 2.59. The van der Waals surface area contributed by atoms with Crippen LogP contribution in [0.4, 0.5) is 0 Å². The molecule has 1 aliphatic heterocycles. The number of carbonyl (C=O) groups is 3. The number of unbranched alkanes of at least 4 members (excludes halogenated alkanes) is 1. The lowest BCUT2D eigenvalue weighted by atomic mass is 9.62. The second-order valence-corrected chi connectivity index (χ2v) is 7.08. The zero-order chi connectivity index (χ0) is 15.8. The Hall–Kier alpha value is -1.39. The van der Waals surface area contributed by atoms with Gasteiger partial charge in [0.25, 0.3) is 0 Å². The number of amides is 3. The Bertz CT molecular complexity index is 472. The van der Waals surface area contributed by atoms with Crippen molar-refractivity contribution in [1.82, 2.24) is 10.2 Å². The molecule has 0 aromatic rings. The average Bonchev–Trinajstić information content (AvgIpc) is 2.61. The van der Waals surface area contributed by atoms with Gasteiger partial charge in [-0.15, -0.1) is 0 Å². The van der Waals surface area contributed by atoms with Gasteiger partial charge in [0, 0.05) is 12.5 Å². The lowest BCUT2D eigenvalue weighted by Gasteiger charge is -2.47. The van der Waals surface area contributed by atoms with Crippen LogP contribution < -0.4 is 5.32 Å². The van der Waals surface area contributed by atoms with E-state index in [1.165, 1.54) is 4.90 Å². The third-order valence-corrected chi connectivity index (χ3v) is 5.66. The quantitative estimate of drug-likeness (QED) is 0.620. The van der Waals surface area contributed by atoms with Crippen LogP contribution in [0.2, 0.25) is 0 Å². The summed E-state index contributed by atoms with van der Waals surface area (Å²) in [5.41, 5.74) is -0.856. The number of fused-ring (bicyclic) bond motifs is 2.